The Morgan fingerprint density at radius 2 is 2.06 bits per heavy atom. The number of para-hydroxylation sites is 1. The Kier molecular flexibility index (Phi) is 2.23. The van der Waals surface area contributed by atoms with Crippen molar-refractivity contribution in [2.45, 2.75) is 0 Å². The number of aromatic hydroxyl groups is 1. The van der Waals surface area contributed by atoms with E-state index in [1.54, 1.807) is 30.3 Å². The smallest absolute Gasteiger partial charge is 0.337 e. The van der Waals surface area contributed by atoms with Gasteiger partial charge in [-0.1, -0.05) is 12.1 Å². The summed E-state index contributed by atoms with van der Waals surface area (Å²) in [6.45, 7) is 0. The van der Waals surface area contributed by atoms with Crippen LogP contribution in [-0.2, 0) is 4.74 Å². The van der Waals surface area contributed by atoms with Gasteiger partial charge in [0, 0.05) is 16.3 Å². The number of hydrogen-bond acceptors (Lipinski definition) is 3. The van der Waals surface area contributed by atoms with Crippen LogP contribution < -0.4 is 0 Å². The largest absolute Gasteiger partial charge is 0.506 e. The van der Waals surface area contributed by atoms with Gasteiger partial charge in [0.2, 0.25) is 0 Å². The molecule has 18 heavy (non-hydrogen) atoms. The number of hydrogen-bond donors (Lipinski definition) is 2. The van der Waals surface area contributed by atoms with Gasteiger partial charge in [-0.25, -0.2) is 4.79 Å². The number of rotatable bonds is 1. The average molecular weight is 241 g/mol. The zero-order valence-corrected chi connectivity index (χ0v) is 9.73. The molecule has 3 rings (SSSR count). The van der Waals surface area contributed by atoms with Crippen LogP contribution in [0, 0.1) is 0 Å². The molecule has 0 aliphatic carbocycles. The van der Waals surface area contributed by atoms with Crippen molar-refractivity contribution in [3.63, 3.8) is 0 Å². The molecule has 1 heterocycles. The maximum atomic E-state index is 11.5. The van der Waals surface area contributed by atoms with Gasteiger partial charge in [0.25, 0.3) is 0 Å². The Bertz CT molecular complexity index is 758. The summed E-state index contributed by atoms with van der Waals surface area (Å²) in [6.07, 6.45) is 0. The van der Waals surface area contributed by atoms with Crippen molar-refractivity contribution >= 4 is 27.8 Å². The van der Waals surface area contributed by atoms with Gasteiger partial charge in [-0.3, -0.25) is 0 Å². The minimum atomic E-state index is -0.369. The molecule has 4 nitrogen and oxygen atoms in total. The first-order valence-corrected chi connectivity index (χ1v) is 5.52. The van der Waals surface area contributed by atoms with Crippen molar-refractivity contribution in [1.29, 1.82) is 0 Å². The van der Waals surface area contributed by atoms with Crippen LogP contribution in [0.15, 0.2) is 36.4 Å². The molecule has 4 heteroatoms. The molecule has 0 aliphatic rings. The van der Waals surface area contributed by atoms with Crippen molar-refractivity contribution in [3.8, 4) is 5.75 Å². The van der Waals surface area contributed by atoms with Gasteiger partial charge in [0.15, 0.2) is 0 Å². The van der Waals surface area contributed by atoms with Gasteiger partial charge in [0.1, 0.15) is 5.75 Å². The summed E-state index contributed by atoms with van der Waals surface area (Å²) in [6, 6.07) is 10.6. The molecule has 0 saturated heterocycles. The van der Waals surface area contributed by atoms with E-state index in [1.165, 1.54) is 7.11 Å². The Morgan fingerprint density at radius 1 is 1.22 bits per heavy atom. The molecule has 2 N–H and O–H groups in total. The molecule has 0 saturated carbocycles. The van der Waals surface area contributed by atoms with Crippen LogP contribution in [0.25, 0.3) is 21.8 Å². The van der Waals surface area contributed by atoms with Crippen molar-refractivity contribution in [2.75, 3.05) is 7.11 Å². The Morgan fingerprint density at radius 3 is 2.83 bits per heavy atom. The predicted octanol–water partition coefficient (Wildman–Crippen LogP) is 2.81. The molecular formula is C14H11NO3. The molecule has 1 aromatic heterocycles. The number of aromatic amines is 1. The fraction of sp³-hybridized carbons (Fsp3) is 0.0714. The summed E-state index contributed by atoms with van der Waals surface area (Å²) in [4.78, 5) is 14.6. The number of methoxy groups -OCH3 is 1. The SMILES string of the molecule is COC(=O)c1ccc2[nH]c3c(O)cccc3c2c1. The van der Waals surface area contributed by atoms with Gasteiger partial charge in [-0.2, -0.15) is 0 Å². The third-order valence-electron chi connectivity index (χ3n) is 3.03. The van der Waals surface area contributed by atoms with Crippen molar-refractivity contribution in [2.24, 2.45) is 0 Å². The lowest BCUT2D eigenvalue weighted by Gasteiger charge is -1.99. The van der Waals surface area contributed by atoms with E-state index >= 15 is 0 Å². The fourth-order valence-electron chi connectivity index (χ4n) is 2.15. The lowest BCUT2D eigenvalue weighted by Crippen LogP contribution is -2.00. The quantitative estimate of drug-likeness (QED) is 0.644. The summed E-state index contributed by atoms with van der Waals surface area (Å²) in [5.41, 5.74) is 2.04. The Hall–Kier alpha value is -2.49. The molecule has 0 amide bonds. The third kappa shape index (κ3) is 1.43. The molecule has 0 aliphatic heterocycles. The van der Waals surface area contributed by atoms with E-state index in [1.807, 2.05) is 6.07 Å². The van der Waals surface area contributed by atoms with E-state index in [-0.39, 0.29) is 11.7 Å². The van der Waals surface area contributed by atoms with E-state index in [0.717, 1.165) is 16.3 Å². The zero-order valence-electron chi connectivity index (χ0n) is 9.73. The molecule has 0 unspecified atom stereocenters. The Balaban J connectivity index is 2.36. The van der Waals surface area contributed by atoms with Gasteiger partial charge in [0.05, 0.1) is 18.2 Å². The standard InChI is InChI=1S/C14H11NO3/c1-18-14(17)8-5-6-11-10(7-8)9-3-2-4-12(16)13(9)15-11/h2-7,15-16H,1H3. The maximum absolute atomic E-state index is 11.5. The topological polar surface area (TPSA) is 62.3 Å². The van der Waals surface area contributed by atoms with Crippen LogP contribution in [0.5, 0.6) is 5.75 Å². The first-order chi connectivity index (χ1) is 8.70. The lowest BCUT2D eigenvalue weighted by atomic mass is 10.1. The van der Waals surface area contributed by atoms with Crippen molar-refractivity contribution in [1.82, 2.24) is 4.98 Å². The molecule has 3 aromatic rings. The average Bonchev–Trinajstić information content (AvgIpc) is 2.77. The first-order valence-electron chi connectivity index (χ1n) is 5.52. The summed E-state index contributed by atoms with van der Waals surface area (Å²) >= 11 is 0. The number of ether oxygens (including phenoxy) is 1. The predicted molar refractivity (Wildman–Crippen MR) is 68.8 cm³/mol. The molecule has 0 atom stereocenters. The van der Waals surface area contributed by atoms with Gasteiger partial charge in [-0.05, 0) is 24.3 Å². The van der Waals surface area contributed by atoms with Crippen molar-refractivity contribution < 1.29 is 14.6 Å². The minimum absolute atomic E-state index is 0.198. The van der Waals surface area contributed by atoms with Crippen LogP contribution in [-0.4, -0.2) is 23.2 Å². The monoisotopic (exact) mass is 241 g/mol. The highest BCUT2D eigenvalue weighted by Crippen LogP contribution is 2.31. The first kappa shape index (κ1) is 10.7. The van der Waals surface area contributed by atoms with E-state index in [9.17, 15) is 9.90 Å². The van der Waals surface area contributed by atoms with Crippen LogP contribution in [0.4, 0.5) is 0 Å². The highest BCUT2D eigenvalue weighted by molar-refractivity contribution is 6.10. The van der Waals surface area contributed by atoms with E-state index in [0.29, 0.717) is 11.1 Å². The second kappa shape index (κ2) is 3.77. The summed E-state index contributed by atoms with van der Waals surface area (Å²) in [5.74, 6) is -0.172. The maximum Gasteiger partial charge on any atom is 0.337 e. The van der Waals surface area contributed by atoms with Crippen LogP contribution in [0.1, 0.15) is 10.4 Å². The number of esters is 1. The minimum Gasteiger partial charge on any atom is -0.506 e. The number of phenolic OH excluding ortho intramolecular Hbond substituents is 1. The van der Waals surface area contributed by atoms with Crippen LogP contribution in [0.2, 0.25) is 0 Å². The van der Waals surface area contributed by atoms with Crippen LogP contribution in [0.3, 0.4) is 0 Å². The zero-order chi connectivity index (χ0) is 12.7. The van der Waals surface area contributed by atoms with Crippen molar-refractivity contribution in [3.05, 3.63) is 42.0 Å². The summed E-state index contributed by atoms with van der Waals surface area (Å²) in [5, 5.41) is 11.6. The lowest BCUT2D eigenvalue weighted by molar-refractivity contribution is 0.0601. The van der Waals surface area contributed by atoms with Crippen LogP contribution >= 0.6 is 0 Å². The van der Waals surface area contributed by atoms with Gasteiger partial charge >= 0.3 is 5.97 Å². The summed E-state index contributed by atoms with van der Waals surface area (Å²) in [7, 11) is 1.35. The molecule has 90 valence electrons. The molecule has 0 radical (unpaired) electrons. The normalized spacial score (nSPS) is 10.9. The second-order valence-corrected chi connectivity index (χ2v) is 4.08. The number of benzene rings is 2. The number of nitrogens with one attached hydrogen (secondary N) is 1. The fourth-order valence-corrected chi connectivity index (χ4v) is 2.15. The molecule has 0 spiro atoms. The van der Waals surface area contributed by atoms with E-state index < -0.39 is 0 Å². The number of fused-ring (bicyclic) bond motifs is 3. The van der Waals surface area contributed by atoms with Gasteiger partial charge < -0.3 is 14.8 Å². The second-order valence-electron chi connectivity index (χ2n) is 4.08. The number of H-pyrrole nitrogens is 1. The number of aromatic nitrogens is 1. The van der Waals surface area contributed by atoms with E-state index in [2.05, 4.69) is 4.98 Å². The molecule has 2 aromatic carbocycles. The number of phenols is 1. The summed E-state index contributed by atoms with van der Waals surface area (Å²) < 4.78 is 4.70. The molecular weight excluding hydrogens is 230 g/mol. The van der Waals surface area contributed by atoms with E-state index in [4.69, 9.17) is 4.74 Å². The molecule has 0 bridgehead atoms. The highest BCUT2D eigenvalue weighted by Gasteiger charge is 2.11. The number of carbonyl (C=O) groups excluding carboxylic acids is 1. The molecule has 0 fully saturated rings. The Labute approximate surface area is 103 Å². The highest BCUT2D eigenvalue weighted by atomic mass is 16.5. The van der Waals surface area contributed by atoms with Gasteiger partial charge in [-0.15, -0.1) is 0 Å². The third-order valence-corrected chi connectivity index (χ3v) is 3.03. The number of carbonyl (C=O) groups is 1.